The second-order valence-electron chi connectivity index (χ2n) is 6.53. The monoisotopic (exact) mass is 340 g/mol. The number of aromatic nitrogens is 1. The first kappa shape index (κ1) is 15.7. The van der Waals surface area contributed by atoms with Gasteiger partial charge < -0.3 is 14.6 Å². The summed E-state index contributed by atoms with van der Waals surface area (Å²) in [5, 5.41) is 2.86. The average Bonchev–Trinajstić information content (AvgIpc) is 3.19. The van der Waals surface area contributed by atoms with Crippen LogP contribution >= 0.6 is 0 Å². The standard InChI is InChI=1S/C18H20N4O3/c1-12(17-19-9-15(25-17)13-5-3-2-4-6-13)20-18(24)21-10-16(23)22(11-21)14-7-8-14/h2-6,9,12,14H,7-8,10-11H2,1H3,(H,20,24). The van der Waals surface area contributed by atoms with E-state index in [9.17, 15) is 9.59 Å². The first-order valence-corrected chi connectivity index (χ1v) is 8.48. The van der Waals surface area contributed by atoms with E-state index in [0.29, 0.717) is 24.4 Å². The van der Waals surface area contributed by atoms with Crippen LogP contribution in [-0.4, -0.2) is 46.0 Å². The van der Waals surface area contributed by atoms with Crippen molar-refractivity contribution >= 4 is 11.9 Å². The van der Waals surface area contributed by atoms with Crippen LogP contribution in [0.3, 0.4) is 0 Å². The number of benzene rings is 1. The van der Waals surface area contributed by atoms with Crippen molar-refractivity contribution in [2.45, 2.75) is 31.8 Å². The minimum atomic E-state index is -0.380. The molecule has 7 nitrogen and oxygen atoms in total. The molecular formula is C18H20N4O3. The van der Waals surface area contributed by atoms with Gasteiger partial charge in [0.05, 0.1) is 12.9 Å². The molecule has 3 amide bonds. The molecule has 1 aliphatic carbocycles. The molecule has 2 aromatic rings. The fraction of sp³-hybridized carbons (Fsp3) is 0.389. The van der Waals surface area contributed by atoms with Crippen molar-refractivity contribution in [1.29, 1.82) is 0 Å². The third kappa shape index (κ3) is 3.22. The van der Waals surface area contributed by atoms with Gasteiger partial charge in [0.15, 0.2) is 5.76 Å². The van der Waals surface area contributed by atoms with E-state index < -0.39 is 0 Å². The Balaban J connectivity index is 1.39. The van der Waals surface area contributed by atoms with Gasteiger partial charge in [-0.3, -0.25) is 9.69 Å². The Hall–Kier alpha value is -2.83. The Morgan fingerprint density at radius 3 is 2.80 bits per heavy atom. The van der Waals surface area contributed by atoms with E-state index >= 15 is 0 Å². The topological polar surface area (TPSA) is 78.7 Å². The van der Waals surface area contributed by atoms with E-state index in [1.165, 1.54) is 4.90 Å². The van der Waals surface area contributed by atoms with Crippen LogP contribution in [-0.2, 0) is 4.79 Å². The number of nitrogens with zero attached hydrogens (tertiary/aromatic N) is 3. The highest BCUT2D eigenvalue weighted by molar-refractivity contribution is 5.87. The van der Waals surface area contributed by atoms with Crippen LogP contribution in [0.25, 0.3) is 11.3 Å². The molecule has 1 unspecified atom stereocenters. The molecule has 0 radical (unpaired) electrons. The zero-order chi connectivity index (χ0) is 17.4. The van der Waals surface area contributed by atoms with Gasteiger partial charge in [0, 0.05) is 11.6 Å². The molecule has 130 valence electrons. The van der Waals surface area contributed by atoms with E-state index in [4.69, 9.17) is 4.42 Å². The Bertz CT molecular complexity index is 785. The quantitative estimate of drug-likeness (QED) is 0.927. The van der Waals surface area contributed by atoms with Crippen molar-refractivity contribution in [1.82, 2.24) is 20.1 Å². The number of oxazole rings is 1. The molecule has 1 aromatic carbocycles. The van der Waals surface area contributed by atoms with E-state index in [1.54, 1.807) is 11.1 Å². The molecule has 7 heteroatoms. The minimum Gasteiger partial charge on any atom is -0.438 e. The van der Waals surface area contributed by atoms with Crippen LogP contribution in [0.1, 0.15) is 31.7 Å². The van der Waals surface area contributed by atoms with Crippen LogP contribution in [0.5, 0.6) is 0 Å². The van der Waals surface area contributed by atoms with Crippen molar-refractivity contribution in [3.63, 3.8) is 0 Å². The normalized spacial score (nSPS) is 18.5. The van der Waals surface area contributed by atoms with Crippen LogP contribution in [0.2, 0.25) is 0 Å². The van der Waals surface area contributed by atoms with Crippen molar-refractivity contribution < 1.29 is 14.0 Å². The average molecular weight is 340 g/mol. The summed E-state index contributed by atoms with van der Waals surface area (Å²) in [6.45, 7) is 2.31. The predicted octanol–water partition coefficient (Wildman–Crippen LogP) is 2.38. The van der Waals surface area contributed by atoms with Crippen molar-refractivity contribution in [2.75, 3.05) is 13.2 Å². The summed E-state index contributed by atoms with van der Waals surface area (Å²) < 4.78 is 5.76. The molecule has 2 fully saturated rings. The van der Waals surface area contributed by atoms with E-state index in [2.05, 4.69) is 10.3 Å². The Labute approximate surface area is 145 Å². The van der Waals surface area contributed by atoms with Gasteiger partial charge in [0.25, 0.3) is 0 Å². The molecule has 0 bridgehead atoms. The predicted molar refractivity (Wildman–Crippen MR) is 90.3 cm³/mol. The number of hydrogen-bond acceptors (Lipinski definition) is 4. The zero-order valence-electron chi connectivity index (χ0n) is 14.0. The maximum atomic E-state index is 12.4. The molecule has 0 spiro atoms. The van der Waals surface area contributed by atoms with Crippen LogP contribution in [0, 0.1) is 0 Å². The summed E-state index contributed by atoms with van der Waals surface area (Å²) >= 11 is 0. The molecular weight excluding hydrogens is 320 g/mol. The number of hydrogen-bond donors (Lipinski definition) is 1. The lowest BCUT2D eigenvalue weighted by molar-refractivity contribution is -0.127. The number of amides is 3. The van der Waals surface area contributed by atoms with Gasteiger partial charge in [-0.05, 0) is 19.8 Å². The van der Waals surface area contributed by atoms with E-state index in [1.807, 2.05) is 37.3 Å². The third-order valence-corrected chi connectivity index (χ3v) is 4.54. The number of rotatable bonds is 4. The zero-order valence-corrected chi connectivity index (χ0v) is 14.0. The molecule has 1 aromatic heterocycles. The SMILES string of the molecule is CC(NC(=O)N1CC(=O)N(C2CC2)C1)c1ncc(-c2ccccc2)o1. The van der Waals surface area contributed by atoms with E-state index in [0.717, 1.165) is 18.4 Å². The molecule has 25 heavy (non-hydrogen) atoms. The Morgan fingerprint density at radius 2 is 2.08 bits per heavy atom. The van der Waals surface area contributed by atoms with Crippen molar-refractivity contribution in [3.8, 4) is 11.3 Å². The largest absolute Gasteiger partial charge is 0.438 e. The summed E-state index contributed by atoms with van der Waals surface area (Å²) in [5.41, 5.74) is 0.935. The number of nitrogens with one attached hydrogen (secondary N) is 1. The minimum absolute atomic E-state index is 0.0211. The summed E-state index contributed by atoms with van der Waals surface area (Å²) in [4.78, 5) is 31.9. The molecule has 1 saturated carbocycles. The summed E-state index contributed by atoms with van der Waals surface area (Å²) in [6, 6.07) is 9.34. The first-order valence-electron chi connectivity index (χ1n) is 8.48. The number of urea groups is 1. The number of carbonyl (C=O) groups excluding carboxylic acids is 2. The van der Waals surface area contributed by atoms with Gasteiger partial charge in [-0.1, -0.05) is 30.3 Å². The molecule has 2 heterocycles. The fourth-order valence-corrected chi connectivity index (χ4v) is 2.97. The van der Waals surface area contributed by atoms with Crippen molar-refractivity contribution in [2.24, 2.45) is 0 Å². The second-order valence-corrected chi connectivity index (χ2v) is 6.53. The smallest absolute Gasteiger partial charge is 0.319 e. The Kier molecular flexibility index (Phi) is 3.91. The highest BCUT2D eigenvalue weighted by Crippen LogP contribution is 2.29. The van der Waals surface area contributed by atoms with Crippen LogP contribution in [0.4, 0.5) is 4.79 Å². The molecule has 2 aliphatic rings. The maximum Gasteiger partial charge on any atom is 0.319 e. The van der Waals surface area contributed by atoms with Crippen LogP contribution in [0.15, 0.2) is 40.9 Å². The molecule has 1 N–H and O–H groups in total. The van der Waals surface area contributed by atoms with Gasteiger partial charge in [-0.15, -0.1) is 0 Å². The lowest BCUT2D eigenvalue weighted by Gasteiger charge is -2.19. The summed E-state index contributed by atoms with van der Waals surface area (Å²) in [7, 11) is 0. The first-order chi connectivity index (χ1) is 12.1. The molecule has 1 aliphatic heterocycles. The van der Waals surface area contributed by atoms with Gasteiger partial charge in [0.2, 0.25) is 11.8 Å². The third-order valence-electron chi connectivity index (χ3n) is 4.54. The molecule has 4 rings (SSSR count). The highest BCUT2D eigenvalue weighted by Gasteiger charge is 2.40. The Morgan fingerprint density at radius 1 is 1.32 bits per heavy atom. The lowest BCUT2D eigenvalue weighted by Crippen LogP contribution is -2.40. The van der Waals surface area contributed by atoms with Gasteiger partial charge in [-0.2, -0.15) is 0 Å². The maximum absolute atomic E-state index is 12.4. The highest BCUT2D eigenvalue weighted by atomic mass is 16.4. The second kappa shape index (κ2) is 6.23. The van der Waals surface area contributed by atoms with Gasteiger partial charge in [-0.25, -0.2) is 9.78 Å². The molecule has 1 saturated heterocycles. The fourth-order valence-electron chi connectivity index (χ4n) is 2.97. The van der Waals surface area contributed by atoms with Gasteiger partial charge >= 0.3 is 6.03 Å². The number of carbonyl (C=O) groups is 2. The van der Waals surface area contributed by atoms with Crippen molar-refractivity contribution in [3.05, 3.63) is 42.4 Å². The van der Waals surface area contributed by atoms with E-state index in [-0.39, 0.29) is 24.5 Å². The summed E-state index contributed by atoms with van der Waals surface area (Å²) in [5.74, 6) is 1.12. The van der Waals surface area contributed by atoms with Crippen LogP contribution < -0.4 is 5.32 Å². The molecule has 1 atom stereocenters. The lowest BCUT2D eigenvalue weighted by atomic mass is 10.2. The van der Waals surface area contributed by atoms with Gasteiger partial charge in [0.1, 0.15) is 12.6 Å². The summed E-state index contributed by atoms with van der Waals surface area (Å²) in [6.07, 6.45) is 3.73.